The highest BCUT2D eigenvalue weighted by molar-refractivity contribution is 4.89. The maximum atomic E-state index is 3.73. The van der Waals surface area contributed by atoms with Crippen LogP contribution in [0.3, 0.4) is 0 Å². The van der Waals surface area contributed by atoms with Crippen molar-refractivity contribution in [1.29, 1.82) is 0 Å². The highest BCUT2D eigenvalue weighted by Crippen LogP contribution is 2.37. The molecule has 0 bridgehead atoms. The van der Waals surface area contributed by atoms with Crippen molar-refractivity contribution in [1.82, 2.24) is 5.32 Å². The lowest BCUT2D eigenvalue weighted by molar-refractivity contribution is 0.281. The molecule has 0 aliphatic heterocycles. The van der Waals surface area contributed by atoms with Gasteiger partial charge >= 0.3 is 0 Å². The van der Waals surface area contributed by atoms with Crippen LogP contribution in [0.2, 0.25) is 0 Å². The van der Waals surface area contributed by atoms with Crippen molar-refractivity contribution >= 4 is 0 Å². The van der Waals surface area contributed by atoms with Crippen LogP contribution in [0.4, 0.5) is 0 Å². The minimum absolute atomic E-state index is 0.540. The van der Waals surface area contributed by atoms with Crippen molar-refractivity contribution in [2.75, 3.05) is 6.54 Å². The van der Waals surface area contributed by atoms with Gasteiger partial charge in [-0.15, -0.1) is 0 Å². The SMILES string of the molecule is CC(C)CCCNC1CCCC1(C)C. The first-order valence-electron chi connectivity index (χ1n) is 6.26. The Hall–Kier alpha value is -0.0400. The van der Waals surface area contributed by atoms with E-state index < -0.39 is 0 Å². The Morgan fingerprint density at radius 2 is 2.07 bits per heavy atom. The molecule has 1 saturated carbocycles. The summed E-state index contributed by atoms with van der Waals surface area (Å²) in [6.07, 6.45) is 6.89. The van der Waals surface area contributed by atoms with Crippen molar-refractivity contribution in [3.8, 4) is 0 Å². The summed E-state index contributed by atoms with van der Waals surface area (Å²) in [5.74, 6) is 0.855. The van der Waals surface area contributed by atoms with E-state index in [-0.39, 0.29) is 0 Å². The second kappa shape index (κ2) is 5.16. The third-order valence-electron chi connectivity index (χ3n) is 3.61. The van der Waals surface area contributed by atoms with Crippen LogP contribution in [0, 0.1) is 11.3 Å². The monoisotopic (exact) mass is 197 g/mol. The van der Waals surface area contributed by atoms with Crippen molar-refractivity contribution < 1.29 is 0 Å². The Labute approximate surface area is 89.7 Å². The maximum Gasteiger partial charge on any atom is 0.0118 e. The molecule has 0 radical (unpaired) electrons. The van der Waals surface area contributed by atoms with Gasteiger partial charge in [0.05, 0.1) is 0 Å². The van der Waals surface area contributed by atoms with E-state index in [2.05, 4.69) is 33.0 Å². The molecule has 1 heteroatoms. The van der Waals surface area contributed by atoms with Gasteiger partial charge in [0.2, 0.25) is 0 Å². The molecule has 1 N–H and O–H groups in total. The molecule has 14 heavy (non-hydrogen) atoms. The topological polar surface area (TPSA) is 12.0 Å². The first-order valence-corrected chi connectivity index (χ1v) is 6.26. The largest absolute Gasteiger partial charge is 0.313 e. The zero-order valence-electron chi connectivity index (χ0n) is 10.4. The molecular formula is C13H27N. The highest BCUT2D eigenvalue weighted by Gasteiger charge is 2.33. The summed E-state index contributed by atoms with van der Waals surface area (Å²) in [6.45, 7) is 10.6. The molecule has 1 aliphatic rings. The second-order valence-corrected chi connectivity index (χ2v) is 5.92. The van der Waals surface area contributed by atoms with Crippen molar-refractivity contribution in [3.63, 3.8) is 0 Å². The van der Waals surface area contributed by atoms with Crippen molar-refractivity contribution in [2.45, 2.75) is 65.8 Å². The van der Waals surface area contributed by atoms with Crippen LogP contribution in [0.1, 0.15) is 59.8 Å². The van der Waals surface area contributed by atoms with Crippen LogP contribution in [-0.2, 0) is 0 Å². The van der Waals surface area contributed by atoms with Crippen LogP contribution in [0.25, 0.3) is 0 Å². The van der Waals surface area contributed by atoms with Gasteiger partial charge in [-0.1, -0.05) is 34.1 Å². The molecule has 1 unspecified atom stereocenters. The maximum absolute atomic E-state index is 3.73. The number of hydrogen-bond donors (Lipinski definition) is 1. The molecule has 0 aromatic carbocycles. The van der Waals surface area contributed by atoms with E-state index >= 15 is 0 Å². The predicted molar refractivity (Wildman–Crippen MR) is 63.5 cm³/mol. The van der Waals surface area contributed by atoms with Crippen LogP contribution >= 0.6 is 0 Å². The molecule has 84 valence electrons. The summed E-state index contributed by atoms with van der Waals surface area (Å²) < 4.78 is 0. The average molecular weight is 197 g/mol. The number of hydrogen-bond acceptors (Lipinski definition) is 1. The fraction of sp³-hybridized carbons (Fsp3) is 1.00. The van der Waals surface area contributed by atoms with E-state index in [9.17, 15) is 0 Å². The molecule has 1 fully saturated rings. The number of rotatable bonds is 5. The molecular weight excluding hydrogens is 170 g/mol. The molecule has 1 rings (SSSR count). The molecule has 1 aliphatic carbocycles. The average Bonchev–Trinajstić information content (AvgIpc) is 2.39. The lowest BCUT2D eigenvalue weighted by Gasteiger charge is -2.28. The van der Waals surface area contributed by atoms with E-state index in [1.165, 1.54) is 38.6 Å². The minimum Gasteiger partial charge on any atom is -0.313 e. The Morgan fingerprint density at radius 3 is 2.57 bits per heavy atom. The highest BCUT2D eigenvalue weighted by atomic mass is 14.9. The third kappa shape index (κ3) is 3.61. The van der Waals surface area contributed by atoms with Crippen LogP contribution in [-0.4, -0.2) is 12.6 Å². The zero-order chi connectivity index (χ0) is 10.6. The minimum atomic E-state index is 0.540. The summed E-state index contributed by atoms with van der Waals surface area (Å²) in [4.78, 5) is 0. The van der Waals surface area contributed by atoms with E-state index in [1.54, 1.807) is 0 Å². The van der Waals surface area contributed by atoms with Gasteiger partial charge < -0.3 is 5.32 Å². The first kappa shape index (κ1) is 12.0. The van der Waals surface area contributed by atoms with E-state index in [0.717, 1.165) is 12.0 Å². The molecule has 0 saturated heterocycles. The van der Waals surface area contributed by atoms with Gasteiger partial charge in [-0.2, -0.15) is 0 Å². The van der Waals surface area contributed by atoms with E-state index in [0.29, 0.717) is 5.41 Å². The van der Waals surface area contributed by atoms with Crippen molar-refractivity contribution in [2.24, 2.45) is 11.3 Å². The Balaban J connectivity index is 2.12. The lowest BCUT2D eigenvalue weighted by atomic mass is 9.87. The molecule has 0 aromatic rings. The van der Waals surface area contributed by atoms with Gasteiger partial charge in [0.25, 0.3) is 0 Å². The van der Waals surface area contributed by atoms with Crippen LogP contribution in [0.5, 0.6) is 0 Å². The van der Waals surface area contributed by atoms with Crippen LogP contribution in [0.15, 0.2) is 0 Å². The van der Waals surface area contributed by atoms with E-state index in [1.807, 2.05) is 0 Å². The Bertz CT molecular complexity index is 161. The fourth-order valence-corrected chi connectivity index (χ4v) is 2.49. The molecule has 0 aromatic heterocycles. The third-order valence-corrected chi connectivity index (χ3v) is 3.61. The fourth-order valence-electron chi connectivity index (χ4n) is 2.49. The summed E-state index contributed by atoms with van der Waals surface area (Å²) in [7, 11) is 0. The predicted octanol–water partition coefficient (Wildman–Crippen LogP) is 3.59. The van der Waals surface area contributed by atoms with Gasteiger partial charge in [0.1, 0.15) is 0 Å². The standard InChI is InChI=1S/C13H27N/c1-11(2)7-6-10-14-12-8-5-9-13(12,3)4/h11-12,14H,5-10H2,1-4H3. The Kier molecular flexibility index (Phi) is 4.43. The van der Waals surface area contributed by atoms with Crippen LogP contribution < -0.4 is 5.32 Å². The molecule has 1 nitrogen and oxygen atoms in total. The first-order chi connectivity index (χ1) is 6.52. The Morgan fingerprint density at radius 1 is 1.36 bits per heavy atom. The normalized spacial score (nSPS) is 25.9. The second-order valence-electron chi connectivity index (χ2n) is 5.92. The van der Waals surface area contributed by atoms with Gasteiger partial charge in [0, 0.05) is 6.04 Å². The summed E-state index contributed by atoms with van der Waals surface area (Å²) in [6, 6.07) is 0.773. The zero-order valence-corrected chi connectivity index (χ0v) is 10.4. The molecule has 0 spiro atoms. The van der Waals surface area contributed by atoms with Gasteiger partial charge in [0.15, 0.2) is 0 Å². The summed E-state index contributed by atoms with van der Waals surface area (Å²) in [5.41, 5.74) is 0.540. The summed E-state index contributed by atoms with van der Waals surface area (Å²) in [5, 5.41) is 3.73. The lowest BCUT2D eigenvalue weighted by Crippen LogP contribution is -2.38. The number of nitrogens with one attached hydrogen (secondary N) is 1. The quantitative estimate of drug-likeness (QED) is 0.664. The smallest absolute Gasteiger partial charge is 0.0118 e. The molecule has 0 heterocycles. The van der Waals surface area contributed by atoms with Gasteiger partial charge in [-0.25, -0.2) is 0 Å². The van der Waals surface area contributed by atoms with Crippen molar-refractivity contribution in [3.05, 3.63) is 0 Å². The van der Waals surface area contributed by atoms with Gasteiger partial charge in [-0.05, 0) is 43.6 Å². The van der Waals surface area contributed by atoms with Gasteiger partial charge in [-0.3, -0.25) is 0 Å². The molecule has 0 amide bonds. The summed E-state index contributed by atoms with van der Waals surface area (Å²) >= 11 is 0. The van der Waals surface area contributed by atoms with E-state index in [4.69, 9.17) is 0 Å². The molecule has 1 atom stereocenters.